The van der Waals surface area contributed by atoms with Gasteiger partial charge >= 0.3 is 0 Å². The highest BCUT2D eigenvalue weighted by Crippen LogP contribution is 2.19. The molecule has 0 unspecified atom stereocenters. The number of aromatic nitrogens is 1. The molecule has 2 aromatic rings. The van der Waals surface area contributed by atoms with Crippen molar-refractivity contribution in [3.05, 3.63) is 40.3 Å². The molecular formula is C12H14N2O2S. The Bertz CT molecular complexity index is 468. The van der Waals surface area contributed by atoms with Crippen LogP contribution in [0.3, 0.4) is 0 Å². The van der Waals surface area contributed by atoms with Crippen LogP contribution in [0.5, 0.6) is 11.5 Å². The zero-order valence-corrected chi connectivity index (χ0v) is 10.4. The molecule has 17 heavy (non-hydrogen) atoms. The van der Waals surface area contributed by atoms with E-state index in [2.05, 4.69) is 4.98 Å². The van der Waals surface area contributed by atoms with Crippen LogP contribution in [0.4, 0.5) is 0 Å². The Morgan fingerprint density at radius 2 is 1.94 bits per heavy atom. The first-order valence-corrected chi connectivity index (χ1v) is 6.10. The number of nitrogens with two attached hydrogens (primary N) is 1. The van der Waals surface area contributed by atoms with Crippen molar-refractivity contribution in [1.29, 1.82) is 0 Å². The van der Waals surface area contributed by atoms with Crippen molar-refractivity contribution in [2.75, 3.05) is 7.11 Å². The molecule has 1 aromatic heterocycles. The molecule has 0 radical (unpaired) electrons. The summed E-state index contributed by atoms with van der Waals surface area (Å²) >= 11 is 1.56. The highest BCUT2D eigenvalue weighted by atomic mass is 32.1. The molecule has 0 aliphatic heterocycles. The van der Waals surface area contributed by atoms with E-state index in [9.17, 15) is 0 Å². The first-order valence-electron chi connectivity index (χ1n) is 5.22. The lowest BCUT2D eigenvalue weighted by Gasteiger charge is -2.04. The molecule has 1 heterocycles. The van der Waals surface area contributed by atoms with E-state index in [4.69, 9.17) is 15.2 Å². The lowest BCUT2D eigenvalue weighted by Crippen LogP contribution is -1.98. The average Bonchev–Trinajstić information content (AvgIpc) is 2.85. The number of methoxy groups -OCH3 is 1. The Morgan fingerprint density at radius 3 is 2.53 bits per heavy atom. The molecule has 5 heteroatoms. The molecule has 0 aliphatic carbocycles. The second-order valence-electron chi connectivity index (χ2n) is 3.40. The summed E-state index contributed by atoms with van der Waals surface area (Å²) in [6.45, 7) is 0.941. The monoisotopic (exact) mass is 250 g/mol. The molecule has 1 aromatic carbocycles. The van der Waals surface area contributed by atoms with Crippen LogP contribution in [-0.2, 0) is 13.2 Å². The van der Waals surface area contributed by atoms with Crippen molar-refractivity contribution < 1.29 is 9.47 Å². The average molecular weight is 250 g/mol. The van der Waals surface area contributed by atoms with Gasteiger partial charge in [-0.3, -0.25) is 0 Å². The molecule has 2 N–H and O–H groups in total. The van der Waals surface area contributed by atoms with Gasteiger partial charge in [0, 0.05) is 11.9 Å². The van der Waals surface area contributed by atoms with Gasteiger partial charge in [-0.1, -0.05) is 0 Å². The molecule has 0 spiro atoms. The Hall–Kier alpha value is -1.59. The lowest BCUT2D eigenvalue weighted by molar-refractivity contribution is 0.304. The normalized spacial score (nSPS) is 10.2. The second-order valence-corrected chi connectivity index (χ2v) is 4.34. The van der Waals surface area contributed by atoms with Crippen LogP contribution in [0.25, 0.3) is 0 Å². The first-order chi connectivity index (χ1) is 8.31. The molecule has 2 rings (SSSR count). The van der Waals surface area contributed by atoms with E-state index in [-0.39, 0.29) is 0 Å². The van der Waals surface area contributed by atoms with Gasteiger partial charge in [0.1, 0.15) is 23.1 Å². The fourth-order valence-electron chi connectivity index (χ4n) is 1.33. The quantitative estimate of drug-likeness (QED) is 0.883. The third-order valence-corrected chi connectivity index (χ3v) is 3.10. The third-order valence-electron chi connectivity index (χ3n) is 2.23. The number of rotatable bonds is 5. The number of hydrogen-bond donors (Lipinski definition) is 1. The van der Waals surface area contributed by atoms with Crippen molar-refractivity contribution in [3.8, 4) is 11.5 Å². The summed E-state index contributed by atoms with van der Waals surface area (Å²) in [6.07, 6.45) is 0. The number of benzene rings is 1. The molecular weight excluding hydrogens is 236 g/mol. The number of ether oxygens (including phenoxy) is 2. The lowest BCUT2D eigenvalue weighted by atomic mass is 10.3. The fraction of sp³-hybridized carbons (Fsp3) is 0.250. The third kappa shape index (κ3) is 3.18. The molecule has 0 saturated carbocycles. The standard InChI is InChI=1S/C12H14N2O2S/c1-15-10-2-4-11(5-3-10)16-7-12-14-9(6-13)8-17-12/h2-5,8H,6-7,13H2,1H3. The van der Waals surface area contributed by atoms with Crippen molar-refractivity contribution in [1.82, 2.24) is 4.98 Å². The molecule has 0 saturated heterocycles. The largest absolute Gasteiger partial charge is 0.497 e. The van der Waals surface area contributed by atoms with Gasteiger partial charge in [0.25, 0.3) is 0 Å². The summed E-state index contributed by atoms with van der Waals surface area (Å²) in [5, 5.41) is 2.88. The van der Waals surface area contributed by atoms with E-state index >= 15 is 0 Å². The summed E-state index contributed by atoms with van der Waals surface area (Å²) in [5.74, 6) is 1.62. The van der Waals surface area contributed by atoms with E-state index in [0.29, 0.717) is 13.2 Å². The summed E-state index contributed by atoms with van der Waals surface area (Å²) in [7, 11) is 1.64. The molecule has 0 bridgehead atoms. The first kappa shape index (κ1) is 11.9. The van der Waals surface area contributed by atoms with Crippen molar-refractivity contribution >= 4 is 11.3 Å². The Kier molecular flexibility index (Phi) is 3.95. The van der Waals surface area contributed by atoms with Gasteiger partial charge in [0.2, 0.25) is 0 Å². The van der Waals surface area contributed by atoms with Crippen LogP contribution in [0, 0.1) is 0 Å². The van der Waals surface area contributed by atoms with Gasteiger partial charge in [0.05, 0.1) is 12.8 Å². The van der Waals surface area contributed by atoms with Gasteiger partial charge in [0.15, 0.2) is 0 Å². The number of thiazole rings is 1. The Morgan fingerprint density at radius 1 is 1.24 bits per heavy atom. The Labute approximate surface area is 104 Å². The van der Waals surface area contributed by atoms with Crippen molar-refractivity contribution in [2.24, 2.45) is 5.73 Å². The van der Waals surface area contributed by atoms with Crippen molar-refractivity contribution in [2.45, 2.75) is 13.2 Å². The molecule has 0 atom stereocenters. The molecule has 90 valence electrons. The van der Waals surface area contributed by atoms with Crippen LogP contribution >= 0.6 is 11.3 Å². The maximum Gasteiger partial charge on any atom is 0.140 e. The predicted octanol–water partition coefficient (Wildman–Crippen LogP) is 2.19. The zero-order valence-electron chi connectivity index (χ0n) is 9.55. The summed E-state index contributed by atoms with van der Waals surface area (Å²) in [6, 6.07) is 7.47. The fourth-order valence-corrected chi connectivity index (χ4v) is 2.04. The minimum Gasteiger partial charge on any atom is -0.497 e. The highest BCUT2D eigenvalue weighted by Gasteiger charge is 2.02. The van der Waals surface area contributed by atoms with Crippen LogP contribution in [0.15, 0.2) is 29.6 Å². The summed E-state index contributed by atoms with van der Waals surface area (Å²) in [5.41, 5.74) is 6.40. The van der Waals surface area contributed by atoms with E-state index in [1.54, 1.807) is 18.4 Å². The molecule has 0 aliphatic rings. The minimum absolute atomic E-state index is 0.469. The van der Waals surface area contributed by atoms with E-state index < -0.39 is 0 Å². The van der Waals surface area contributed by atoms with Crippen LogP contribution in [0.1, 0.15) is 10.7 Å². The molecule has 0 fully saturated rings. The van der Waals surface area contributed by atoms with Gasteiger partial charge < -0.3 is 15.2 Å². The maximum atomic E-state index is 5.60. The topological polar surface area (TPSA) is 57.4 Å². The van der Waals surface area contributed by atoms with Crippen LogP contribution in [-0.4, -0.2) is 12.1 Å². The van der Waals surface area contributed by atoms with Crippen molar-refractivity contribution in [3.63, 3.8) is 0 Å². The minimum atomic E-state index is 0.469. The van der Waals surface area contributed by atoms with Crippen LogP contribution in [0.2, 0.25) is 0 Å². The van der Waals surface area contributed by atoms with E-state index in [0.717, 1.165) is 22.2 Å². The highest BCUT2D eigenvalue weighted by molar-refractivity contribution is 7.09. The van der Waals surface area contributed by atoms with Gasteiger partial charge in [-0.05, 0) is 24.3 Å². The van der Waals surface area contributed by atoms with Gasteiger partial charge in [-0.25, -0.2) is 4.98 Å². The van der Waals surface area contributed by atoms with Gasteiger partial charge in [-0.15, -0.1) is 11.3 Å². The predicted molar refractivity (Wildman–Crippen MR) is 67.3 cm³/mol. The molecule has 0 amide bonds. The summed E-state index contributed by atoms with van der Waals surface area (Å²) in [4.78, 5) is 4.32. The second kappa shape index (κ2) is 5.65. The molecule has 4 nitrogen and oxygen atoms in total. The van der Waals surface area contributed by atoms with Crippen LogP contribution < -0.4 is 15.2 Å². The number of nitrogens with zero attached hydrogens (tertiary/aromatic N) is 1. The number of hydrogen-bond acceptors (Lipinski definition) is 5. The summed E-state index contributed by atoms with van der Waals surface area (Å²) < 4.78 is 10.7. The maximum absolute atomic E-state index is 5.60. The smallest absolute Gasteiger partial charge is 0.140 e. The van der Waals surface area contributed by atoms with E-state index in [1.807, 2.05) is 29.6 Å². The zero-order chi connectivity index (χ0) is 12.1. The van der Waals surface area contributed by atoms with Gasteiger partial charge in [-0.2, -0.15) is 0 Å². The SMILES string of the molecule is COc1ccc(OCc2nc(CN)cs2)cc1. The Balaban J connectivity index is 1.92. The van der Waals surface area contributed by atoms with E-state index in [1.165, 1.54) is 0 Å².